The molecule has 0 aromatic heterocycles. The molecule has 0 aliphatic rings. The van der Waals surface area contributed by atoms with E-state index in [9.17, 15) is 0 Å². The molecule has 0 heterocycles. The maximum absolute atomic E-state index is 5.67. The van der Waals surface area contributed by atoms with Gasteiger partial charge in [0.15, 0.2) is 0 Å². The number of hydrogen-bond acceptors (Lipinski definition) is 3. The summed E-state index contributed by atoms with van der Waals surface area (Å²) >= 11 is 0. The van der Waals surface area contributed by atoms with Gasteiger partial charge in [0.1, 0.15) is 0 Å². The summed E-state index contributed by atoms with van der Waals surface area (Å²) in [6.45, 7) is 6.17. The van der Waals surface area contributed by atoms with Gasteiger partial charge in [-0.2, -0.15) is 0 Å². The lowest BCUT2D eigenvalue weighted by atomic mass is 10.1. The molecule has 0 amide bonds. The Morgan fingerprint density at radius 3 is 1.16 bits per heavy atom. The van der Waals surface area contributed by atoms with Crippen molar-refractivity contribution in [3.8, 4) is 0 Å². The molecule has 1 unspecified atom stereocenters. The topological polar surface area (TPSA) is 27.7 Å². The molecule has 0 spiro atoms. The van der Waals surface area contributed by atoms with E-state index in [4.69, 9.17) is 13.3 Å². The lowest BCUT2D eigenvalue weighted by molar-refractivity contribution is 0.123. The van der Waals surface area contributed by atoms with Crippen molar-refractivity contribution in [2.24, 2.45) is 0 Å². The maximum atomic E-state index is 5.67. The molecule has 0 aliphatic carbocycles. The molecule has 0 aromatic rings. The summed E-state index contributed by atoms with van der Waals surface area (Å²) in [5, 5.41) is 0. The van der Waals surface area contributed by atoms with E-state index in [1.807, 2.05) is 0 Å². The minimum atomic E-state index is -2.41. The molecule has 0 saturated heterocycles. The summed E-state index contributed by atoms with van der Waals surface area (Å²) in [6.07, 6.45) is 34.7. The van der Waals surface area contributed by atoms with Crippen LogP contribution in [0.2, 0.25) is 6.04 Å². The SMILES string of the molecule is CCCCCCCC[P](CCCCCCCC)(CCCCCCCC)PCCCC[Si](OC)(OC)OC. The molecule has 0 aliphatic heterocycles. The molecule has 6 heteroatoms. The Bertz CT molecular complexity index is 415. The Labute approximate surface area is 238 Å². The number of unbranched alkanes of at least 4 members (excludes halogenated alkanes) is 16. The average Bonchev–Trinajstić information content (AvgIpc) is 2.92. The van der Waals surface area contributed by atoms with Crippen LogP contribution in [0.1, 0.15) is 149 Å². The lowest BCUT2D eigenvalue weighted by Gasteiger charge is -2.38. The van der Waals surface area contributed by atoms with Crippen LogP contribution in [0.5, 0.6) is 0 Å². The van der Waals surface area contributed by atoms with Gasteiger partial charge in [-0.3, -0.25) is 0 Å². The third-order valence-electron chi connectivity index (χ3n) is 8.11. The largest absolute Gasteiger partial charge is 0.500 e. The molecule has 1 atom stereocenters. The second-order valence-corrected chi connectivity index (χ2v) is 22.6. The highest BCUT2D eigenvalue weighted by Crippen LogP contribution is 2.75. The molecule has 0 fully saturated rings. The first-order valence-electron chi connectivity index (χ1n) is 16.3. The van der Waals surface area contributed by atoms with Crippen LogP contribution < -0.4 is 0 Å². The highest BCUT2D eigenvalue weighted by Gasteiger charge is 2.36. The van der Waals surface area contributed by atoms with Gasteiger partial charge in [0.25, 0.3) is 0 Å². The summed E-state index contributed by atoms with van der Waals surface area (Å²) in [7, 11) is 4.06. The smallest absolute Gasteiger partial charge is 0.377 e. The fourth-order valence-electron chi connectivity index (χ4n) is 5.50. The van der Waals surface area contributed by atoms with Crippen LogP contribution >= 0.6 is 15.2 Å². The van der Waals surface area contributed by atoms with E-state index in [2.05, 4.69) is 20.8 Å². The third-order valence-corrected chi connectivity index (χ3v) is 20.4. The second kappa shape index (κ2) is 27.1. The molecule has 0 bridgehead atoms. The first-order valence-corrected chi connectivity index (χ1v) is 22.7. The molecular formula is C31H69O3P2Si. The Morgan fingerprint density at radius 2 is 0.811 bits per heavy atom. The monoisotopic (exact) mass is 579 g/mol. The predicted molar refractivity (Wildman–Crippen MR) is 176 cm³/mol. The van der Waals surface area contributed by atoms with Crippen LogP contribution in [0.4, 0.5) is 0 Å². The molecule has 1 radical (unpaired) electrons. The van der Waals surface area contributed by atoms with Crippen molar-refractivity contribution in [2.45, 2.75) is 155 Å². The van der Waals surface area contributed by atoms with E-state index < -0.39 is 15.8 Å². The van der Waals surface area contributed by atoms with E-state index in [0.29, 0.717) is 0 Å². The van der Waals surface area contributed by atoms with Crippen LogP contribution in [-0.2, 0) is 13.3 Å². The van der Waals surface area contributed by atoms with E-state index in [-0.39, 0.29) is 0 Å². The maximum Gasteiger partial charge on any atom is 0.500 e. The quantitative estimate of drug-likeness (QED) is 0.0481. The van der Waals surface area contributed by atoms with Gasteiger partial charge in [-0.1, -0.05) is 117 Å². The minimum absolute atomic E-state index is 0.819. The van der Waals surface area contributed by atoms with E-state index in [0.717, 1.165) is 6.04 Å². The van der Waals surface area contributed by atoms with Gasteiger partial charge >= 0.3 is 8.80 Å². The zero-order valence-corrected chi connectivity index (χ0v) is 29.2. The number of hydrogen-bond donors (Lipinski definition) is 0. The summed E-state index contributed by atoms with van der Waals surface area (Å²) in [4.78, 5) is 0. The minimum Gasteiger partial charge on any atom is -0.377 e. The van der Waals surface area contributed by atoms with Gasteiger partial charge in [-0.05, 0) is 56.8 Å². The first kappa shape index (κ1) is 38.0. The van der Waals surface area contributed by atoms with E-state index >= 15 is 0 Å². The fourth-order valence-corrected chi connectivity index (χ4v) is 16.5. The second-order valence-electron chi connectivity index (χ2n) is 11.3. The summed E-state index contributed by atoms with van der Waals surface area (Å²) in [5.74, 6) is 0. The predicted octanol–water partition coefficient (Wildman–Crippen LogP) is 11.3. The molecule has 225 valence electrons. The van der Waals surface area contributed by atoms with Crippen LogP contribution in [-0.4, -0.2) is 54.8 Å². The van der Waals surface area contributed by atoms with Gasteiger partial charge in [-0.15, -0.1) is 15.2 Å². The summed E-state index contributed by atoms with van der Waals surface area (Å²) in [5.41, 5.74) is 0. The molecule has 0 saturated carbocycles. The van der Waals surface area contributed by atoms with Crippen molar-refractivity contribution in [3.05, 3.63) is 0 Å². The fraction of sp³-hybridized carbons (Fsp3) is 1.00. The average molecular weight is 580 g/mol. The zero-order chi connectivity index (χ0) is 27.5. The van der Waals surface area contributed by atoms with Crippen LogP contribution in [0.15, 0.2) is 0 Å². The Morgan fingerprint density at radius 1 is 0.459 bits per heavy atom. The molecule has 0 aromatic carbocycles. The van der Waals surface area contributed by atoms with Crippen LogP contribution in [0.25, 0.3) is 0 Å². The van der Waals surface area contributed by atoms with Crippen molar-refractivity contribution in [3.63, 3.8) is 0 Å². The molecule has 3 nitrogen and oxygen atoms in total. The third kappa shape index (κ3) is 20.5. The molecule has 37 heavy (non-hydrogen) atoms. The first-order chi connectivity index (χ1) is 18.1. The number of rotatable bonds is 30. The van der Waals surface area contributed by atoms with Crippen LogP contribution in [0, 0.1) is 0 Å². The highest BCUT2D eigenvalue weighted by atomic mass is 32.1. The van der Waals surface area contributed by atoms with Crippen molar-refractivity contribution in [2.75, 3.05) is 46.0 Å². The van der Waals surface area contributed by atoms with E-state index in [1.165, 1.54) is 143 Å². The molecule has 0 N–H and O–H groups in total. The van der Waals surface area contributed by atoms with Gasteiger partial charge in [-0.25, -0.2) is 0 Å². The Kier molecular flexibility index (Phi) is 27.8. The van der Waals surface area contributed by atoms with Gasteiger partial charge in [0.2, 0.25) is 0 Å². The standard InChI is InChI=1S/C31H69O3P2Si/c1-7-10-13-16-19-23-28-36(29-24-20-17-14-11-8-2,30-25-21-18-15-12-9-3)35-27-22-26-31-37(32-4,33-5)34-6/h35H,7-31H2,1-6H3. The zero-order valence-electron chi connectivity index (χ0n) is 26.3. The van der Waals surface area contributed by atoms with E-state index in [1.54, 1.807) is 39.8 Å². The highest BCUT2D eigenvalue weighted by molar-refractivity contribution is 8.31. The van der Waals surface area contributed by atoms with Crippen LogP contribution in [0.3, 0.4) is 0 Å². The Balaban J connectivity index is 5.00. The summed E-state index contributed by atoms with van der Waals surface area (Å²) in [6, 6.07) is 0.957. The van der Waals surface area contributed by atoms with Crippen molar-refractivity contribution in [1.82, 2.24) is 0 Å². The van der Waals surface area contributed by atoms with Gasteiger partial charge in [0, 0.05) is 27.4 Å². The van der Waals surface area contributed by atoms with Crippen molar-refractivity contribution >= 4 is 24.0 Å². The van der Waals surface area contributed by atoms with Crippen molar-refractivity contribution < 1.29 is 13.3 Å². The molecule has 0 rings (SSSR count). The molecular weight excluding hydrogens is 510 g/mol. The summed E-state index contributed by atoms with van der Waals surface area (Å²) < 4.78 is 17.0. The van der Waals surface area contributed by atoms with Crippen molar-refractivity contribution in [1.29, 1.82) is 0 Å². The van der Waals surface area contributed by atoms with Gasteiger partial charge < -0.3 is 13.3 Å². The Hall–Kier alpha value is 0.957. The normalized spacial score (nSPS) is 12.8. The van der Waals surface area contributed by atoms with Gasteiger partial charge in [0.05, 0.1) is 0 Å². The lowest BCUT2D eigenvalue weighted by Crippen LogP contribution is -2.42.